The van der Waals surface area contributed by atoms with Crippen LogP contribution in [0.5, 0.6) is 0 Å². The van der Waals surface area contributed by atoms with Crippen LogP contribution in [0.3, 0.4) is 0 Å². The Hall–Kier alpha value is -2.42. The van der Waals surface area contributed by atoms with E-state index in [2.05, 4.69) is 15.3 Å². The van der Waals surface area contributed by atoms with Crippen LogP contribution in [0.25, 0.3) is 0 Å². The normalized spacial score (nSPS) is 18.5. The highest BCUT2D eigenvalue weighted by Crippen LogP contribution is 2.16. The molecule has 0 saturated carbocycles. The number of morpholine rings is 1. The lowest BCUT2D eigenvalue weighted by atomic mass is 10.1. The van der Waals surface area contributed by atoms with Crippen molar-refractivity contribution in [2.45, 2.75) is 25.8 Å². The van der Waals surface area contributed by atoms with Crippen molar-refractivity contribution in [3.05, 3.63) is 18.1 Å². The summed E-state index contributed by atoms with van der Waals surface area (Å²) in [6.45, 7) is 5.78. The maximum Gasteiger partial charge on any atom is 0.409 e. The zero-order valence-electron chi connectivity index (χ0n) is 15.0. The molecule has 0 bridgehead atoms. The summed E-state index contributed by atoms with van der Waals surface area (Å²) >= 11 is 0. The number of hydrogen-bond donors (Lipinski definition) is 1. The Morgan fingerprint density at radius 2 is 1.88 bits per heavy atom. The molecule has 142 valence electrons. The fourth-order valence-electron chi connectivity index (χ4n) is 3.07. The average Bonchev–Trinajstić information content (AvgIpc) is 2.69. The molecule has 26 heavy (non-hydrogen) atoms. The molecule has 1 N–H and O–H groups in total. The summed E-state index contributed by atoms with van der Waals surface area (Å²) in [6.07, 6.45) is 4.47. The van der Waals surface area contributed by atoms with Gasteiger partial charge in [0.25, 0.3) is 5.91 Å². The zero-order chi connectivity index (χ0) is 18.4. The molecule has 1 aromatic heterocycles. The zero-order valence-corrected chi connectivity index (χ0v) is 15.0. The highest BCUT2D eigenvalue weighted by molar-refractivity contribution is 5.92. The van der Waals surface area contributed by atoms with Gasteiger partial charge in [0.2, 0.25) is 0 Å². The Kier molecular flexibility index (Phi) is 6.21. The third kappa shape index (κ3) is 4.60. The third-order valence-corrected chi connectivity index (χ3v) is 4.54. The van der Waals surface area contributed by atoms with Crippen molar-refractivity contribution in [1.82, 2.24) is 19.8 Å². The molecule has 0 aliphatic carbocycles. The Balaban J connectivity index is 1.49. The minimum absolute atomic E-state index is 0.116. The fourth-order valence-corrected chi connectivity index (χ4v) is 3.07. The van der Waals surface area contributed by atoms with E-state index in [0.29, 0.717) is 57.5 Å². The van der Waals surface area contributed by atoms with Crippen molar-refractivity contribution in [2.24, 2.45) is 0 Å². The minimum Gasteiger partial charge on any atom is -0.450 e. The van der Waals surface area contributed by atoms with E-state index in [9.17, 15) is 9.59 Å². The molecule has 9 heteroatoms. The fraction of sp³-hybridized carbons (Fsp3) is 0.647. The van der Waals surface area contributed by atoms with Crippen LogP contribution < -0.4 is 5.32 Å². The van der Waals surface area contributed by atoms with Gasteiger partial charge in [-0.1, -0.05) is 0 Å². The van der Waals surface area contributed by atoms with Crippen molar-refractivity contribution in [3.8, 4) is 0 Å². The first kappa shape index (κ1) is 18.4. The predicted molar refractivity (Wildman–Crippen MR) is 94.0 cm³/mol. The highest BCUT2D eigenvalue weighted by Gasteiger charge is 2.24. The molecule has 2 fully saturated rings. The van der Waals surface area contributed by atoms with Gasteiger partial charge in [-0.05, 0) is 19.8 Å². The number of carbonyl (C=O) groups is 2. The number of anilines is 1. The molecule has 2 aliphatic heterocycles. The van der Waals surface area contributed by atoms with E-state index >= 15 is 0 Å². The molecule has 0 radical (unpaired) electrons. The Bertz CT molecular complexity index is 610. The summed E-state index contributed by atoms with van der Waals surface area (Å²) in [6, 6.07) is 0.218. The van der Waals surface area contributed by atoms with E-state index in [1.54, 1.807) is 22.9 Å². The van der Waals surface area contributed by atoms with E-state index in [0.717, 1.165) is 12.8 Å². The molecule has 0 atom stereocenters. The van der Waals surface area contributed by atoms with Gasteiger partial charge in [-0.15, -0.1) is 0 Å². The second-order valence-corrected chi connectivity index (χ2v) is 6.30. The standard InChI is InChI=1S/C17H25N5O4/c1-2-26-17(24)22-5-3-13(4-6-22)20-15-12-18-14(11-19-15)16(23)21-7-9-25-10-8-21/h11-13H,2-10H2,1H3,(H,19,20). The van der Waals surface area contributed by atoms with Crippen molar-refractivity contribution in [2.75, 3.05) is 51.3 Å². The summed E-state index contributed by atoms with van der Waals surface area (Å²) in [5.41, 5.74) is 0.342. The number of nitrogens with one attached hydrogen (secondary N) is 1. The first-order valence-corrected chi connectivity index (χ1v) is 9.04. The topological polar surface area (TPSA) is 96.9 Å². The first-order chi connectivity index (χ1) is 12.7. The lowest BCUT2D eigenvalue weighted by Crippen LogP contribution is -2.42. The smallest absolute Gasteiger partial charge is 0.409 e. The maximum atomic E-state index is 12.4. The van der Waals surface area contributed by atoms with Crippen LogP contribution in [-0.4, -0.2) is 83.8 Å². The van der Waals surface area contributed by atoms with Gasteiger partial charge in [-0.3, -0.25) is 4.79 Å². The third-order valence-electron chi connectivity index (χ3n) is 4.54. The van der Waals surface area contributed by atoms with Crippen LogP contribution in [0.2, 0.25) is 0 Å². The van der Waals surface area contributed by atoms with E-state index in [1.807, 2.05) is 0 Å². The summed E-state index contributed by atoms with van der Waals surface area (Å²) in [7, 11) is 0. The summed E-state index contributed by atoms with van der Waals surface area (Å²) in [4.78, 5) is 36.1. The highest BCUT2D eigenvalue weighted by atomic mass is 16.6. The molecule has 2 aliphatic rings. The maximum absolute atomic E-state index is 12.4. The largest absolute Gasteiger partial charge is 0.450 e. The molecule has 1 aromatic rings. The van der Waals surface area contributed by atoms with E-state index in [-0.39, 0.29) is 18.0 Å². The number of hydrogen-bond acceptors (Lipinski definition) is 7. The Morgan fingerprint density at radius 1 is 1.15 bits per heavy atom. The SMILES string of the molecule is CCOC(=O)N1CCC(Nc2cnc(C(=O)N3CCOCC3)cn2)CC1. The molecule has 2 saturated heterocycles. The van der Waals surface area contributed by atoms with Crippen LogP contribution in [0.15, 0.2) is 12.4 Å². The van der Waals surface area contributed by atoms with E-state index in [1.165, 1.54) is 6.20 Å². The molecule has 0 unspecified atom stereocenters. The minimum atomic E-state index is -0.253. The average molecular weight is 363 g/mol. The molecule has 2 amide bonds. The van der Waals surface area contributed by atoms with Gasteiger partial charge < -0.3 is 24.6 Å². The second-order valence-electron chi connectivity index (χ2n) is 6.30. The van der Waals surface area contributed by atoms with Gasteiger partial charge in [0.15, 0.2) is 0 Å². The summed E-state index contributed by atoms with van der Waals surface area (Å²) in [5, 5.41) is 3.32. The van der Waals surface area contributed by atoms with E-state index < -0.39 is 0 Å². The van der Waals surface area contributed by atoms with Crippen molar-refractivity contribution >= 4 is 17.8 Å². The molecule has 0 spiro atoms. The number of nitrogens with zero attached hydrogens (tertiary/aromatic N) is 4. The number of carbonyl (C=O) groups excluding carboxylic acids is 2. The van der Waals surface area contributed by atoms with E-state index in [4.69, 9.17) is 9.47 Å². The Morgan fingerprint density at radius 3 is 2.50 bits per heavy atom. The lowest BCUT2D eigenvalue weighted by Gasteiger charge is -2.31. The number of aromatic nitrogens is 2. The van der Waals surface area contributed by atoms with Gasteiger partial charge in [0.1, 0.15) is 11.5 Å². The lowest BCUT2D eigenvalue weighted by molar-refractivity contribution is 0.0298. The number of likely N-dealkylation sites (tertiary alicyclic amines) is 1. The first-order valence-electron chi connectivity index (χ1n) is 9.04. The van der Waals surface area contributed by atoms with Gasteiger partial charge >= 0.3 is 6.09 Å². The second kappa shape index (κ2) is 8.79. The quantitative estimate of drug-likeness (QED) is 0.852. The van der Waals surface area contributed by atoms with Crippen LogP contribution >= 0.6 is 0 Å². The molecule has 3 rings (SSSR count). The molecule has 9 nitrogen and oxygen atoms in total. The number of rotatable bonds is 4. The molecule has 0 aromatic carbocycles. The molecule has 3 heterocycles. The van der Waals surface area contributed by atoms with Crippen LogP contribution in [-0.2, 0) is 9.47 Å². The van der Waals surface area contributed by atoms with Crippen LogP contribution in [0.4, 0.5) is 10.6 Å². The Labute approximate surface area is 152 Å². The van der Waals surface area contributed by atoms with Crippen molar-refractivity contribution < 1.29 is 19.1 Å². The van der Waals surface area contributed by atoms with Gasteiger partial charge in [0.05, 0.1) is 32.2 Å². The predicted octanol–water partition coefficient (Wildman–Crippen LogP) is 0.982. The number of ether oxygens (including phenoxy) is 2. The van der Waals surface area contributed by atoms with Gasteiger partial charge in [0, 0.05) is 32.2 Å². The summed E-state index contributed by atoms with van der Waals surface area (Å²) < 4.78 is 10.3. The molecular weight excluding hydrogens is 338 g/mol. The van der Waals surface area contributed by atoms with Crippen molar-refractivity contribution in [3.63, 3.8) is 0 Å². The monoisotopic (exact) mass is 363 g/mol. The number of piperidine rings is 1. The van der Waals surface area contributed by atoms with Gasteiger partial charge in [-0.25, -0.2) is 14.8 Å². The van der Waals surface area contributed by atoms with Gasteiger partial charge in [-0.2, -0.15) is 0 Å². The van der Waals surface area contributed by atoms with Crippen LogP contribution in [0.1, 0.15) is 30.3 Å². The number of amides is 2. The summed E-state index contributed by atoms with van der Waals surface area (Å²) in [5.74, 6) is 0.521. The molecular formula is C17H25N5O4. The van der Waals surface area contributed by atoms with Crippen molar-refractivity contribution in [1.29, 1.82) is 0 Å². The van der Waals surface area contributed by atoms with Crippen LogP contribution in [0, 0.1) is 0 Å².